The highest BCUT2D eigenvalue weighted by atomic mass is 32.1. The maximum absolute atomic E-state index is 6.09. The SMILES string of the molecule is CCN(CC)C[C@H]1CO[C@@H]2CN(Cc3sccc3C)C[C@H]12. The van der Waals surface area contributed by atoms with Crippen molar-refractivity contribution in [2.75, 3.05) is 39.3 Å². The molecule has 3 nitrogen and oxygen atoms in total. The Balaban J connectivity index is 1.57. The molecule has 0 unspecified atom stereocenters. The Kier molecular flexibility index (Phi) is 4.99. The molecule has 3 rings (SSSR count). The number of rotatable bonds is 6. The molecule has 118 valence electrons. The molecule has 1 aromatic rings. The summed E-state index contributed by atoms with van der Waals surface area (Å²) in [6.07, 6.45) is 0.478. The van der Waals surface area contributed by atoms with Crippen LogP contribution in [0.25, 0.3) is 0 Å². The summed E-state index contributed by atoms with van der Waals surface area (Å²) < 4.78 is 6.09. The van der Waals surface area contributed by atoms with Crippen LogP contribution in [0.5, 0.6) is 0 Å². The van der Waals surface area contributed by atoms with Gasteiger partial charge in [0, 0.05) is 42.9 Å². The van der Waals surface area contributed by atoms with Gasteiger partial charge in [-0.3, -0.25) is 4.90 Å². The fraction of sp³-hybridized carbons (Fsp3) is 0.765. The molecule has 0 aromatic carbocycles. The van der Waals surface area contributed by atoms with E-state index in [9.17, 15) is 0 Å². The first kappa shape index (κ1) is 15.5. The molecule has 4 heteroatoms. The Morgan fingerprint density at radius 3 is 2.81 bits per heavy atom. The van der Waals surface area contributed by atoms with Gasteiger partial charge in [0.1, 0.15) is 0 Å². The van der Waals surface area contributed by atoms with E-state index in [1.807, 2.05) is 11.3 Å². The molecule has 2 fully saturated rings. The van der Waals surface area contributed by atoms with Crippen LogP contribution in [-0.2, 0) is 11.3 Å². The Morgan fingerprint density at radius 1 is 1.33 bits per heavy atom. The minimum atomic E-state index is 0.478. The molecule has 2 aliphatic rings. The smallest absolute Gasteiger partial charge is 0.0746 e. The van der Waals surface area contributed by atoms with Crippen molar-refractivity contribution in [1.82, 2.24) is 9.80 Å². The molecule has 0 aliphatic carbocycles. The van der Waals surface area contributed by atoms with Crippen LogP contribution in [0.1, 0.15) is 24.3 Å². The van der Waals surface area contributed by atoms with Crippen LogP contribution in [0.3, 0.4) is 0 Å². The number of fused-ring (bicyclic) bond motifs is 1. The first-order valence-corrected chi connectivity index (χ1v) is 9.18. The number of likely N-dealkylation sites (tertiary alicyclic amines) is 1. The zero-order chi connectivity index (χ0) is 14.8. The molecule has 0 saturated carbocycles. The Bertz CT molecular complexity index is 457. The summed E-state index contributed by atoms with van der Waals surface area (Å²) in [7, 11) is 0. The molecule has 21 heavy (non-hydrogen) atoms. The fourth-order valence-corrected chi connectivity index (χ4v) is 4.73. The largest absolute Gasteiger partial charge is 0.376 e. The molecular weight excluding hydrogens is 280 g/mol. The Labute approximate surface area is 132 Å². The molecular formula is C17H28N2OS. The quantitative estimate of drug-likeness (QED) is 0.804. The molecule has 0 radical (unpaired) electrons. The summed E-state index contributed by atoms with van der Waals surface area (Å²) in [5.74, 6) is 1.47. The predicted octanol–water partition coefficient (Wildman–Crippen LogP) is 2.85. The molecule has 0 spiro atoms. The summed E-state index contributed by atoms with van der Waals surface area (Å²) in [5.41, 5.74) is 1.44. The minimum absolute atomic E-state index is 0.478. The van der Waals surface area contributed by atoms with E-state index in [0.29, 0.717) is 6.10 Å². The number of ether oxygens (including phenoxy) is 1. The first-order chi connectivity index (χ1) is 10.2. The van der Waals surface area contributed by atoms with E-state index in [1.54, 1.807) is 0 Å². The summed E-state index contributed by atoms with van der Waals surface area (Å²) in [6.45, 7) is 14.7. The van der Waals surface area contributed by atoms with Gasteiger partial charge in [-0.1, -0.05) is 13.8 Å². The van der Waals surface area contributed by atoms with Crippen molar-refractivity contribution in [3.63, 3.8) is 0 Å². The van der Waals surface area contributed by atoms with E-state index in [-0.39, 0.29) is 0 Å². The van der Waals surface area contributed by atoms with Crippen molar-refractivity contribution in [1.29, 1.82) is 0 Å². The Morgan fingerprint density at radius 2 is 2.14 bits per heavy atom. The summed E-state index contributed by atoms with van der Waals surface area (Å²) in [4.78, 5) is 6.67. The van der Waals surface area contributed by atoms with Crippen molar-refractivity contribution in [3.05, 3.63) is 21.9 Å². The lowest BCUT2D eigenvalue weighted by Gasteiger charge is -2.25. The molecule has 0 bridgehead atoms. The average Bonchev–Trinajstić information content (AvgIpc) is 3.15. The second-order valence-electron chi connectivity index (χ2n) is 6.50. The van der Waals surface area contributed by atoms with E-state index < -0.39 is 0 Å². The number of thiophene rings is 1. The van der Waals surface area contributed by atoms with Crippen LogP contribution in [0.15, 0.2) is 11.4 Å². The lowest BCUT2D eigenvalue weighted by atomic mass is 9.92. The van der Waals surface area contributed by atoms with Gasteiger partial charge in [0.15, 0.2) is 0 Å². The van der Waals surface area contributed by atoms with E-state index >= 15 is 0 Å². The van der Waals surface area contributed by atoms with Gasteiger partial charge in [-0.2, -0.15) is 0 Å². The van der Waals surface area contributed by atoms with Gasteiger partial charge in [-0.15, -0.1) is 11.3 Å². The summed E-state index contributed by atoms with van der Waals surface area (Å²) in [6, 6.07) is 2.23. The average molecular weight is 308 g/mol. The lowest BCUT2D eigenvalue weighted by molar-refractivity contribution is 0.0910. The van der Waals surface area contributed by atoms with Crippen LogP contribution >= 0.6 is 11.3 Å². The molecule has 2 saturated heterocycles. The number of hydrogen-bond acceptors (Lipinski definition) is 4. The van der Waals surface area contributed by atoms with Gasteiger partial charge >= 0.3 is 0 Å². The summed E-state index contributed by atoms with van der Waals surface area (Å²) >= 11 is 1.89. The molecule has 1 aromatic heterocycles. The fourth-order valence-electron chi connectivity index (χ4n) is 3.78. The van der Waals surface area contributed by atoms with E-state index in [1.165, 1.54) is 23.5 Å². The molecule has 3 atom stereocenters. The van der Waals surface area contributed by atoms with Crippen molar-refractivity contribution in [2.24, 2.45) is 11.8 Å². The van der Waals surface area contributed by atoms with Crippen LogP contribution in [0.2, 0.25) is 0 Å². The predicted molar refractivity (Wildman–Crippen MR) is 88.8 cm³/mol. The standard InChI is InChI=1S/C17H28N2OS/c1-4-18(5-2)8-14-12-20-16-10-19(9-15(14)16)11-17-13(3)6-7-21-17/h6-7,14-16H,4-5,8-12H2,1-3H3/t14-,15+,16+/m0/s1. The third-order valence-corrected chi connectivity index (χ3v) is 6.24. The van der Waals surface area contributed by atoms with Gasteiger partial charge < -0.3 is 9.64 Å². The van der Waals surface area contributed by atoms with Gasteiger partial charge in [0.2, 0.25) is 0 Å². The highest BCUT2D eigenvalue weighted by molar-refractivity contribution is 7.10. The normalized spacial score (nSPS) is 29.4. The van der Waals surface area contributed by atoms with Gasteiger partial charge in [-0.05, 0) is 37.0 Å². The topological polar surface area (TPSA) is 15.7 Å². The number of nitrogens with zero attached hydrogens (tertiary/aromatic N) is 2. The third-order valence-electron chi connectivity index (χ3n) is 5.24. The van der Waals surface area contributed by atoms with Crippen LogP contribution in [0.4, 0.5) is 0 Å². The first-order valence-electron chi connectivity index (χ1n) is 8.30. The molecule has 2 aliphatic heterocycles. The van der Waals surface area contributed by atoms with Crippen LogP contribution < -0.4 is 0 Å². The second-order valence-corrected chi connectivity index (χ2v) is 7.50. The van der Waals surface area contributed by atoms with Crippen molar-refractivity contribution >= 4 is 11.3 Å². The van der Waals surface area contributed by atoms with Crippen molar-refractivity contribution in [2.45, 2.75) is 33.4 Å². The maximum Gasteiger partial charge on any atom is 0.0746 e. The van der Waals surface area contributed by atoms with Gasteiger partial charge in [0.05, 0.1) is 12.7 Å². The zero-order valence-electron chi connectivity index (χ0n) is 13.5. The lowest BCUT2D eigenvalue weighted by Crippen LogP contribution is -2.34. The van der Waals surface area contributed by atoms with Crippen molar-refractivity contribution < 1.29 is 4.74 Å². The van der Waals surface area contributed by atoms with E-state index in [2.05, 4.69) is 42.0 Å². The zero-order valence-corrected chi connectivity index (χ0v) is 14.4. The third kappa shape index (κ3) is 3.34. The maximum atomic E-state index is 6.09. The minimum Gasteiger partial charge on any atom is -0.376 e. The number of hydrogen-bond donors (Lipinski definition) is 0. The van der Waals surface area contributed by atoms with E-state index in [4.69, 9.17) is 4.74 Å². The highest BCUT2D eigenvalue weighted by Crippen LogP contribution is 2.35. The second kappa shape index (κ2) is 6.78. The molecule has 0 amide bonds. The van der Waals surface area contributed by atoms with Gasteiger partial charge in [-0.25, -0.2) is 0 Å². The summed E-state index contributed by atoms with van der Waals surface area (Å²) in [5, 5.41) is 2.21. The monoisotopic (exact) mass is 308 g/mol. The van der Waals surface area contributed by atoms with Crippen LogP contribution in [0, 0.1) is 18.8 Å². The number of aryl methyl sites for hydroxylation is 1. The highest BCUT2D eigenvalue weighted by Gasteiger charge is 2.43. The molecule has 3 heterocycles. The van der Waals surface area contributed by atoms with Crippen LogP contribution in [-0.4, -0.2) is 55.2 Å². The van der Waals surface area contributed by atoms with Crippen molar-refractivity contribution in [3.8, 4) is 0 Å². The van der Waals surface area contributed by atoms with E-state index in [0.717, 1.165) is 44.6 Å². The van der Waals surface area contributed by atoms with Gasteiger partial charge in [0.25, 0.3) is 0 Å². The molecule has 0 N–H and O–H groups in total. The Hall–Kier alpha value is -0.420.